The number of thioether (sulfide) groups is 1. The van der Waals surface area contributed by atoms with Gasteiger partial charge in [0.1, 0.15) is 11.0 Å². The zero-order valence-electron chi connectivity index (χ0n) is 17.5. The molecule has 2 atom stereocenters. The predicted octanol–water partition coefficient (Wildman–Crippen LogP) is 3.64. The lowest BCUT2D eigenvalue weighted by Crippen LogP contribution is -2.21. The molecule has 2 heterocycles. The number of ether oxygens (including phenoxy) is 2. The standard InChI is InChI=1S/C22H25N5O3S/c1-15-10-11-19(29-2)18(13-15)23-21(28)20(16-7-4-3-5-8-16)31-22-24-25-26-27(22)14-17-9-6-12-30-17/h3-5,7-8,10-11,13,17,20H,6,9,12,14H2,1-2H3,(H,23,28). The molecule has 1 amide bonds. The van der Waals surface area contributed by atoms with Gasteiger partial charge in [0.2, 0.25) is 11.1 Å². The van der Waals surface area contributed by atoms with Crippen LogP contribution in [0.5, 0.6) is 5.75 Å². The molecule has 3 aromatic rings. The summed E-state index contributed by atoms with van der Waals surface area (Å²) in [6, 6.07) is 15.3. The van der Waals surface area contributed by atoms with Crippen molar-refractivity contribution in [3.05, 3.63) is 59.7 Å². The van der Waals surface area contributed by atoms with Gasteiger partial charge in [-0.1, -0.05) is 48.2 Å². The SMILES string of the molecule is COc1ccc(C)cc1NC(=O)C(Sc1nnnn1CC1CCCO1)c1ccccc1. The summed E-state index contributed by atoms with van der Waals surface area (Å²) in [6.07, 6.45) is 2.13. The quantitative estimate of drug-likeness (QED) is 0.536. The topological polar surface area (TPSA) is 91.2 Å². The Kier molecular flexibility index (Phi) is 6.83. The Morgan fingerprint density at radius 2 is 2.16 bits per heavy atom. The Labute approximate surface area is 185 Å². The van der Waals surface area contributed by atoms with E-state index in [2.05, 4.69) is 20.8 Å². The number of tetrazole rings is 1. The van der Waals surface area contributed by atoms with Gasteiger partial charge in [0, 0.05) is 6.61 Å². The van der Waals surface area contributed by atoms with Crippen LogP contribution in [0.2, 0.25) is 0 Å². The van der Waals surface area contributed by atoms with E-state index in [9.17, 15) is 4.79 Å². The summed E-state index contributed by atoms with van der Waals surface area (Å²) >= 11 is 1.32. The van der Waals surface area contributed by atoms with E-state index in [4.69, 9.17) is 9.47 Å². The summed E-state index contributed by atoms with van der Waals surface area (Å²) in [4.78, 5) is 13.4. The molecule has 2 unspecified atom stereocenters. The number of carbonyl (C=O) groups is 1. The number of carbonyl (C=O) groups excluding carboxylic acids is 1. The number of nitrogens with one attached hydrogen (secondary N) is 1. The molecule has 1 saturated heterocycles. The first-order chi connectivity index (χ1) is 15.1. The minimum absolute atomic E-state index is 0.100. The van der Waals surface area contributed by atoms with Crippen LogP contribution in [0.4, 0.5) is 5.69 Å². The van der Waals surface area contributed by atoms with Gasteiger partial charge >= 0.3 is 0 Å². The van der Waals surface area contributed by atoms with Gasteiger partial charge in [-0.2, -0.15) is 0 Å². The third-order valence-electron chi connectivity index (χ3n) is 5.08. The molecule has 1 N–H and O–H groups in total. The van der Waals surface area contributed by atoms with E-state index in [1.165, 1.54) is 11.8 Å². The summed E-state index contributed by atoms with van der Waals surface area (Å²) < 4.78 is 12.8. The van der Waals surface area contributed by atoms with E-state index in [1.807, 2.05) is 55.5 Å². The van der Waals surface area contributed by atoms with Crippen LogP contribution >= 0.6 is 11.8 Å². The van der Waals surface area contributed by atoms with E-state index in [0.717, 1.165) is 30.6 Å². The number of aryl methyl sites for hydroxylation is 1. The highest BCUT2D eigenvalue weighted by Gasteiger charge is 2.27. The van der Waals surface area contributed by atoms with Crippen LogP contribution in [-0.2, 0) is 16.1 Å². The number of amides is 1. The van der Waals surface area contributed by atoms with Gasteiger partial charge in [-0.25, -0.2) is 4.68 Å². The van der Waals surface area contributed by atoms with Gasteiger partial charge in [-0.15, -0.1) is 5.10 Å². The van der Waals surface area contributed by atoms with Crippen molar-refractivity contribution in [1.82, 2.24) is 20.2 Å². The lowest BCUT2D eigenvalue weighted by Gasteiger charge is -2.18. The summed E-state index contributed by atoms with van der Waals surface area (Å²) in [5, 5.41) is 15.2. The van der Waals surface area contributed by atoms with Crippen molar-refractivity contribution >= 4 is 23.4 Å². The highest BCUT2D eigenvalue weighted by Crippen LogP contribution is 2.36. The number of hydrogen-bond donors (Lipinski definition) is 1. The molecular weight excluding hydrogens is 414 g/mol. The molecule has 1 aliphatic rings. The average molecular weight is 440 g/mol. The monoisotopic (exact) mass is 439 g/mol. The second kappa shape index (κ2) is 9.93. The number of anilines is 1. The molecule has 0 bridgehead atoms. The normalized spacial score (nSPS) is 16.8. The first kappa shape index (κ1) is 21.3. The van der Waals surface area contributed by atoms with E-state index < -0.39 is 5.25 Å². The van der Waals surface area contributed by atoms with Crippen molar-refractivity contribution in [2.75, 3.05) is 19.0 Å². The highest BCUT2D eigenvalue weighted by molar-refractivity contribution is 8.00. The number of hydrogen-bond acceptors (Lipinski definition) is 7. The maximum absolute atomic E-state index is 13.4. The van der Waals surface area contributed by atoms with E-state index in [1.54, 1.807) is 11.8 Å². The molecule has 1 aliphatic heterocycles. The molecule has 0 radical (unpaired) electrons. The van der Waals surface area contributed by atoms with Gasteiger partial charge in [0.25, 0.3) is 0 Å². The van der Waals surface area contributed by atoms with Crippen molar-refractivity contribution in [1.29, 1.82) is 0 Å². The van der Waals surface area contributed by atoms with E-state index in [0.29, 0.717) is 23.1 Å². The van der Waals surface area contributed by atoms with Crippen molar-refractivity contribution in [3.63, 3.8) is 0 Å². The van der Waals surface area contributed by atoms with Crippen molar-refractivity contribution in [2.45, 2.75) is 42.8 Å². The van der Waals surface area contributed by atoms with Gasteiger partial charge in [0.15, 0.2) is 0 Å². The van der Waals surface area contributed by atoms with Crippen LogP contribution in [0.15, 0.2) is 53.7 Å². The Morgan fingerprint density at radius 3 is 2.90 bits per heavy atom. The van der Waals surface area contributed by atoms with Crippen LogP contribution < -0.4 is 10.1 Å². The fourth-order valence-corrected chi connectivity index (χ4v) is 4.49. The highest BCUT2D eigenvalue weighted by atomic mass is 32.2. The molecule has 2 aromatic carbocycles. The second-order valence-corrected chi connectivity index (χ2v) is 8.45. The summed E-state index contributed by atoms with van der Waals surface area (Å²) in [6.45, 7) is 3.31. The van der Waals surface area contributed by atoms with Crippen molar-refractivity contribution in [2.24, 2.45) is 0 Å². The molecule has 0 aliphatic carbocycles. The van der Waals surface area contributed by atoms with Crippen LogP contribution in [0.1, 0.15) is 29.2 Å². The maximum Gasteiger partial charge on any atom is 0.242 e. The van der Waals surface area contributed by atoms with Gasteiger partial charge in [-0.05, 0) is 53.5 Å². The van der Waals surface area contributed by atoms with Crippen molar-refractivity contribution < 1.29 is 14.3 Å². The van der Waals surface area contributed by atoms with Gasteiger partial charge < -0.3 is 14.8 Å². The van der Waals surface area contributed by atoms with E-state index in [-0.39, 0.29) is 12.0 Å². The summed E-state index contributed by atoms with van der Waals surface area (Å²) in [5.74, 6) is 0.436. The zero-order chi connectivity index (χ0) is 21.6. The third kappa shape index (κ3) is 5.23. The molecule has 1 fully saturated rings. The van der Waals surface area contributed by atoms with Gasteiger partial charge in [-0.3, -0.25) is 4.79 Å². The van der Waals surface area contributed by atoms with Crippen LogP contribution in [0.25, 0.3) is 0 Å². The molecule has 4 rings (SSSR count). The van der Waals surface area contributed by atoms with E-state index >= 15 is 0 Å². The molecule has 162 valence electrons. The largest absolute Gasteiger partial charge is 0.495 e. The minimum atomic E-state index is -0.541. The van der Waals surface area contributed by atoms with Crippen LogP contribution in [0.3, 0.4) is 0 Å². The first-order valence-electron chi connectivity index (χ1n) is 10.2. The minimum Gasteiger partial charge on any atom is -0.495 e. The zero-order valence-corrected chi connectivity index (χ0v) is 18.3. The number of benzene rings is 2. The van der Waals surface area contributed by atoms with Crippen molar-refractivity contribution in [3.8, 4) is 5.75 Å². The Morgan fingerprint density at radius 1 is 1.32 bits per heavy atom. The molecular formula is C22H25N5O3S. The fourth-order valence-electron chi connectivity index (χ4n) is 3.50. The Hall–Kier alpha value is -2.91. The Bertz CT molecular complexity index is 1020. The molecule has 9 heteroatoms. The second-order valence-electron chi connectivity index (χ2n) is 7.38. The average Bonchev–Trinajstić information content (AvgIpc) is 3.45. The number of nitrogens with zero attached hydrogens (tertiary/aromatic N) is 4. The number of methoxy groups -OCH3 is 1. The van der Waals surface area contributed by atoms with Crippen LogP contribution in [-0.4, -0.2) is 45.9 Å². The van der Waals surface area contributed by atoms with Crippen LogP contribution in [0, 0.1) is 6.92 Å². The molecule has 8 nitrogen and oxygen atoms in total. The first-order valence-corrected chi connectivity index (χ1v) is 11.1. The fraction of sp³-hybridized carbons (Fsp3) is 0.364. The maximum atomic E-state index is 13.4. The Balaban J connectivity index is 1.58. The molecule has 31 heavy (non-hydrogen) atoms. The number of aromatic nitrogens is 4. The summed E-state index contributed by atoms with van der Waals surface area (Å²) in [7, 11) is 1.59. The smallest absolute Gasteiger partial charge is 0.242 e. The molecule has 0 spiro atoms. The molecule has 0 saturated carbocycles. The predicted molar refractivity (Wildman–Crippen MR) is 118 cm³/mol. The lowest BCUT2D eigenvalue weighted by molar-refractivity contribution is -0.115. The van der Waals surface area contributed by atoms with Gasteiger partial charge in [0.05, 0.1) is 25.4 Å². The summed E-state index contributed by atoms with van der Waals surface area (Å²) in [5.41, 5.74) is 2.52. The number of rotatable bonds is 8. The lowest BCUT2D eigenvalue weighted by atomic mass is 10.1. The third-order valence-corrected chi connectivity index (χ3v) is 6.30. The molecule has 1 aromatic heterocycles.